The van der Waals surface area contributed by atoms with Crippen LogP contribution >= 0.6 is 11.3 Å². The van der Waals surface area contributed by atoms with Crippen molar-refractivity contribution >= 4 is 23.0 Å². The first-order valence-corrected chi connectivity index (χ1v) is 16.6. The summed E-state index contributed by atoms with van der Waals surface area (Å²) in [5.74, 6) is 0.766. The maximum atomic E-state index is 14.5. The van der Waals surface area contributed by atoms with Crippen LogP contribution in [-0.4, -0.2) is 76.1 Å². The number of nitrogens with zero attached hydrogens (tertiary/aromatic N) is 2. The fraction of sp³-hybridized carbons (Fsp3) is 0.706. The van der Waals surface area contributed by atoms with E-state index in [1.807, 2.05) is 17.0 Å². The SMILES string of the molecule is CC(=O)N1CCN(CC2(O)CCC3C45C=CC6(C=C4C(=O)c4ccc(C)s4)CC(O)CCC6(C)C5CCC32C)CC1. The monoisotopic (exact) mass is 578 g/mol. The fourth-order valence-electron chi connectivity index (χ4n) is 10.9. The van der Waals surface area contributed by atoms with E-state index in [0.29, 0.717) is 32.0 Å². The third-order valence-electron chi connectivity index (χ3n) is 13.2. The number of hydrogen-bond acceptors (Lipinski definition) is 6. The highest BCUT2D eigenvalue weighted by Gasteiger charge is 2.74. The van der Waals surface area contributed by atoms with Crippen molar-refractivity contribution in [3.8, 4) is 0 Å². The van der Waals surface area contributed by atoms with E-state index in [9.17, 15) is 19.8 Å². The molecular formula is C34H46N2O4S. The zero-order valence-corrected chi connectivity index (χ0v) is 25.9. The van der Waals surface area contributed by atoms with Gasteiger partial charge in [0.25, 0.3) is 0 Å². The molecule has 8 rings (SSSR count). The number of thiophene rings is 1. The van der Waals surface area contributed by atoms with Gasteiger partial charge in [-0.2, -0.15) is 0 Å². The quantitative estimate of drug-likeness (QED) is 0.389. The average Bonchev–Trinajstić information content (AvgIpc) is 3.48. The molecule has 222 valence electrons. The summed E-state index contributed by atoms with van der Waals surface area (Å²) in [6.07, 6.45) is 12.8. The number of aliphatic hydroxyl groups excluding tert-OH is 1. The summed E-state index contributed by atoms with van der Waals surface area (Å²) in [4.78, 5) is 32.6. The van der Waals surface area contributed by atoms with Gasteiger partial charge in [0.1, 0.15) is 0 Å². The second kappa shape index (κ2) is 9.10. The molecular weight excluding hydrogens is 532 g/mol. The van der Waals surface area contributed by atoms with E-state index >= 15 is 0 Å². The molecule has 0 aromatic carbocycles. The van der Waals surface area contributed by atoms with Crippen LogP contribution in [0, 0.1) is 40.4 Å². The number of ketones is 1. The highest BCUT2D eigenvalue weighted by molar-refractivity contribution is 7.14. The van der Waals surface area contributed by atoms with Gasteiger partial charge in [0.05, 0.1) is 16.6 Å². The van der Waals surface area contributed by atoms with Gasteiger partial charge in [0.2, 0.25) is 5.91 Å². The molecule has 1 aromatic heterocycles. The summed E-state index contributed by atoms with van der Waals surface area (Å²) in [5.41, 5.74) is -0.938. The third-order valence-corrected chi connectivity index (χ3v) is 14.2. The molecule has 2 heterocycles. The minimum absolute atomic E-state index is 0.0127. The number of fused-ring (bicyclic) bond motifs is 1. The van der Waals surface area contributed by atoms with Gasteiger partial charge in [-0.25, -0.2) is 0 Å². The molecule has 8 atom stereocenters. The Kier molecular flexibility index (Phi) is 6.22. The number of aryl methyl sites for hydroxylation is 1. The number of amides is 1. The van der Waals surface area contributed by atoms with Crippen LogP contribution < -0.4 is 0 Å². The van der Waals surface area contributed by atoms with Crippen LogP contribution in [0.2, 0.25) is 0 Å². The lowest BCUT2D eigenvalue weighted by atomic mass is 9.32. The molecule has 1 saturated heterocycles. The Morgan fingerprint density at radius 3 is 2.34 bits per heavy atom. The van der Waals surface area contributed by atoms with Crippen molar-refractivity contribution in [3.63, 3.8) is 0 Å². The molecule has 41 heavy (non-hydrogen) atoms. The predicted octanol–water partition coefficient (Wildman–Crippen LogP) is 4.99. The van der Waals surface area contributed by atoms with Crippen LogP contribution in [0.15, 0.2) is 35.9 Å². The Labute approximate surface area is 248 Å². The molecule has 1 aliphatic heterocycles. The molecule has 1 aromatic rings. The minimum Gasteiger partial charge on any atom is -0.393 e. The minimum atomic E-state index is -0.840. The first-order valence-electron chi connectivity index (χ1n) is 15.8. The van der Waals surface area contributed by atoms with Crippen LogP contribution in [0.5, 0.6) is 0 Å². The summed E-state index contributed by atoms with van der Waals surface area (Å²) in [6, 6.07) is 4.03. The van der Waals surface area contributed by atoms with Gasteiger partial charge in [-0.1, -0.05) is 32.1 Å². The number of carbonyl (C=O) groups is 2. The zero-order valence-electron chi connectivity index (χ0n) is 25.1. The Balaban J connectivity index is 1.29. The predicted molar refractivity (Wildman–Crippen MR) is 161 cm³/mol. The number of allylic oxidation sites excluding steroid dienone is 4. The largest absolute Gasteiger partial charge is 0.393 e. The number of carbonyl (C=O) groups excluding carboxylic acids is 2. The van der Waals surface area contributed by atoms with Crippen LogP contribution in [0.1, 0.15) is 80.3 Å². The van der Waals surface area contributed by atoms with Gasteiger partial charge < -0.3 is 15.1 Å². The van der Waals surface area contributed by atoms with Crippen LogP contribution in [0.3, 0.4) is 0 Å². The first kappa shape index (κ1) is 28.0. The van der Waals surface area contributed by atoms with Gasteiger partial charge in [-0.15, -0.1) is 11.3 Å². The number of rotatable bonds is 4. The number of hydrogen-bond donors (Lipinski definition) is 2. The standard InChI is InChI=1S/C34H46N2O4S/c1-22-5-6-26(41-22)29(39)25-20-32-13-14-34(25)27(30(32,3)10-7-24(38)19-32)8-11-31(4)28(34)9-12-33(31,40)21-35-15-17-36(18-16-35)23(2)37/h5-6,13-14,20,24,27-28,38,40H,7-12,15-19,21H2,1-4H3. The summed E-state index contributed by atoms with van der Waals surface area (Å²) >= 11 is 1.58. The van der Waals surface area contributed by atoms with Crippen molar-refractivity contribution in [2.75, 3.05) is 32.7 Å². The fourth-order valence-corrected chi connectivity index (χ4v) is 11.7. The molecule has 2 spiro atoms. The van der Waals surface area contributed by atoms with Crippen molar-refractivity contribution in [1.29, 1.82) is 0 Å². The second-order valence-electron chi connectivity index (χ2n) is 14.8. The highest BCUT2D eigenvalue weighted by atomic mass is 32.1. The lowest BCUT2D eigenvalue weighted by molar-refractivity contribution is -0.177. The number of piperazine rings is 1. The molecule has 0 radical (unpaired) electrons. The van der Waals surface area contributed by atoms with E-state index in [1.165, 1.54) is 0 Å². The molecule has 4 fully saturated rings. The second-order valence-corrected chi connectivity index (χ2v) is 16.1. The Morgan fingerprint density at radius 2 is 1.66 bits per heavy atom. The van der Waals surface area contributed by atoms with Crippen molar-refractivity contribution < 1.29 is 19.8 Å². The van der Waals surface area contributed by atoms with Gasteiger partial charge in [-0.05, 0) is 81.3 Å². The van der Waals surface area contributed by atoms with Gasteiger partial charge >= 0.3 is 0 Å². The maximum Gasteiger partial charge on any atom is 0.219 e. The van der Waals surface area contributed by atoms with Crippen LogP contribution in [0.4, 0.5) is 0 Å². The zero-order chi connectivity index (χ0) is 29.0. The lowest BCUT2D eigenvalue weighted by Gasteiger charge is -2.71. The van der Waals surface area contributed by atoms with Gasteiger partial charge in [0, 0.05) is 66.3 Å². The highest BCUT2D eigenvalue weighted by Crippen LogP contribution is 2.78. The first-order chi connectivity index (χ1) is 19.4. The van der Waals surface area contributed by atoms with Crippen molar-refractivity contribution in [2.24, 2.45) is 33.5 Å². The van der Waals surface area contributed by atoms with E-state index in [-0.39, 0.29) is 40.0 Å². The Bertz CT molecular complexity index is 1340. The van der Waals surface area contributed by atoms with E-state index in [2.05, 4.69) is 43.9 Å². The van der Waals surface area contributed by atoms with Gasteiger partial charge in [0.15, 0.2) is 5.78 Å². The smallest absolute Gasteiger partial charge is 0.219 e. The van der Waals surface area contributed by atoms with E-state index in [1.54, 1.807) is 18.3 Å². The maximum absolute atomic E-state index is 14.5. The number of β-amino-alcohol motifs (C(OH)–C–C–N with tert-alkyl or cyclic N) is 1. The average molecular weight is 579 g/mol. The molecule has 2 bridgehead atoms. The topological polar surface area (TPSA) is 81.1 Å². The summed E-state index contributed by atoms with van der Waals surface area (Å²) in [7, 11) is 0. The molecule has 2 N–H and O–H groups in total. The summed E-state index contributed by atoms with van der Waals surface area (Å²) in [5, 5.41) is 23.5. The Hall–Kier alpha value is -1.80. The van der Waals surface area contributed by atoms with E-state index in [0.717, 1.165) is 66.9 Å². The summed E-state index contributed by atoms with van der Waals surface area (Å²) in [6.45, 7) is 12.1. The molecule has 6 nitrogen and oxygen atoms in total. The molecule has 8 unspecified atom stereocenters. The molecule has 6 aliphatic carbocycles. The normalized spacial score (nSPS) is 45.2. The lowest BCUT2D eigenvalue weighted by Crippen LogP contribution is -2.67. The van der Waals surface area contributed by atoms with E-state index < -0.39 is 11.0 Å². The van der Waals surface area contributed by atoms with E-state index in [4.69, 9.17) is 0 Å². The van der Waals surface area contributed by atoms with Gasteiger partial charge in [-0.3, -0.25) is 14.5 Å². The van der Waals surface area contributed by atoms with Crippen LogP contribution in [-0.2, 0) is 4.79 Å². The van der Waals surface area contributed by atoms with Crippen molar-refractivity contribution in [3.05, 3.63) is 45.7 Å². The third kappa shape index (κ3) is 3.64. The van der Waals surface area contributed by atoms with Crippen molar-refractivity contribution in [2.45, 2.75) is 84.3 Å². The summed E-state index contributed by atoms with van der Waals surface area (Å²) < 4.78 is 0. The molecule has 7 heteroatoms. The number of Topliss-reactive ketones (excluding diaryl/α,β-unsaturated/α-hetero) is 1. The van der Waals surface area contributed by atoms with Crippen LogP contribution in [0.25, 0.3) is 0 Å². The molecule has 1 amide bonds. The molecule has 7 aliphatic rings. The van der Waals surface area contributed by atoms with Crippen molar-refractivity contribution in [1.82, 2.24) is 9.80 Å². The molecule has 3 saturated carbocycles. The number of aliphatic hydroxyl groups is 2. The Morgan fingerprint density at radius 1 is 0.976 bits per heavy atom.